The lowest BCUT2D eigenvalue weighted by Gasteiger charge is -2.26. The molecule has 0 aromatic rings. The van der Waals surface area contributed by atoms with Gasteiger partial charge in [0.05, 0.1) is 0 Å². The maximum atomic E-state index is 12.6. The first-order chi connectivity index (χ1) is 10.00. The average molecular weight is 394 g/mol. The van der Waals surface area contributed by atoms with E-state index in [0.29, 0.717) is 0 Å². The smallest absolute Gasteiger partial charge is 0.396 e. The molecule has 0 amide bonds. The van der Waals surface area contributed by atoms with E-state index in [1.54, 1.807) is 0 Å². The summed E-state index contributed by atoms with van der Waals surface area (Å²) in [5.41, 5.74) is -12.3. The molecule has 1 N–H and O–H groups in total. The second-order valence-corrected chi connectivity index (χ2v) is 9.71. The van der Waals surface area contributed by atoms with Crippen molar-refractivity contribution in [3.8, 4) is 0 Å². The van der Waals surface area contributed by atoms with Gasteiger partial charge in [-0.1, -0.05) is 13.8 Å². The lowest BCUT2D eigenvalue weighted by atomic mass is 9.90. The fourth-order valence-corrected chi connectivity index (χ4v) is 5.44. The van der Waals surface area contributed by atoms with Crippen molar-refractivity contribution in [2.24, 2.45) is 11.8 Å². The highest BCUT2D eigenvalue weighted by Gasteiger charge is 2.63. The number of alkyl halides is 6. The topological polar surface area (TPSA) is 88.5 Å². The third-order valence-electron chi connectivity index (χ3n) is 3.28. The standard InChI is InChI=1S/C10H16F6O5S2/c1-6(2)7(3-4-17)5-8(22(18,19)9(11,12)13)23(20,21)10(14,15)16/h6-8,17H,3-5H2,1-2H3. The average Bonchev–Trinajstić information content (AvgIpc) is 2.30. The zero-order chi connectivity index (χ0) is 18.9. The van der Waals surface area contributed by atoms with Crippen LogP contribution >= 0.6 is 0 Å². The monoisotopic (exact) mass is 394 g/mol. The second-order valence-electron chi connectivity index (χ2n) is 5.16. The summed E-state index contributed by atoms with van der Waals surface area (Å²) in [6, 6.07) is 0. The molecule has 0 aliphatic heterocycles. The van der Waals surface area contributed by atoms with E-state index in [9.17, 15) is 43.2 Å². The molecule has 0 saturated carbocycles. The minimum absolute atomic E-state index is 0.338. The van der Waals surface area contributed by atoms with E-state index in [0.717, 1.165) is 0 Å². The van der Waals surface area contributed by atoms with Crippen molar-refractivity contribution in [1.82, 2.24) is 0 Å². The lowest BCUT2D eigenvalue weighted by molar-refractivity contribution is -0.0475. The number of rotatable bonds is 7. The summed E-state index contributed by atoms with van der Waals surface area (Å²) in [6.07, 6.45) is -1.75. The Bertz CT molecular complexity index is 546. The molecule has 0 saturated heterocycles. The van der Waals surface area contributed by atoms with Gasteiger partial charge in [-0.3, -0.25) is 0 Å². The van der Waals surface area contributed by atoms with Gasteiger partial charge in [-0.2, -0.15) is 26.3 Å². The van der Waals surface area contributed by atoms with E-state index in [2.05, 4.69) is 0 Å². The molecule has 0 aromatic heterocycles. The van der Waals surface area contributed by atoms with Gasteiger partial charge in [0.15, 0.2) is 4.58 Å². The molecular formula is C10H16F6O5S2. The highest BCUT2D eigenvalue weighted by molar-refractivity contribution is 8.09. The molecule has 140 valence electrons. The summed E-state index contributed by atoms with van der Waals surface area (Å²) in [6.45, 7) is 2.07. The zero-order valence-corrected chi connectivity index (χ0v) is 13.7. The summed E-state index contributed by atoms with van der Waals surface area (Å²) in [4.78, 5) is 0. The van der Waals surface area contributed by atoms with Crippen LogP contribution in [0.15, 0.2) is 0 Å². The van der Waals surface area contributed by atoms with E-state index >= 15 is 0 Å². The molecule has 1 unspecified atom stereocenters. The SMILES string of the molecule is CC(C)C(CCO)CC(S(=O)(=O)C(F)(F)F)S(=O)(=O)C(F)(F)F. The normalized spacial score (nSPS) is 16.1. The van der Waals surface area contributed by atoms with Crippen LogP contribution in [0.5, 0.6) is 0 Å². The van der Waals surface area contributed by atoms with Crippen LogP contribution < -0.4 is 0 Å². The van der Waals surface area contributed by atoms with Crippen LogP contribution in [0.2, 0.25) is 0 Å². The van der Waals surface area contributed by atoms with Crippen molar-refractivity contribution < 1.29 is 48.3 Å². The molecule has 1 atom stereocenters. The van der Waals surface area contributed by atoms with Gasteiger partial charge in [-0.05, 0) is 24.7 Å². The minimum atomic E-state index is -6.62. The van der Waals surface area contributed by atoms with E-state index in [4.69, 9.17) is 5.11 Å². The highest BCUT2D eigenvalue weighted by Crippen LogP contribution is 2.40. The van der Waals surface area contributed by atoms with Gasteiger partial charge in [-0.15, -0.1) is 0 Å². The molecule has 0 bridgehead atoms. The molecule has 0 spiro atoms. The Morgan fingerprint density at radius 3 is 1.43 bits per heavy atom. The third-order valence-corrected chi connectivity index (χ3v) is 7.86. The van der Waals surface area contributed by atoms with Gasteiger partial charge < -0.3 is 5.11 Å². The van der Waals surface area contributed by atoms with Crippen molar-refractivity contribution in [2.75, 3.05) is 6.61 Å². The third kappa shape index (κ3) is 4.95. The largest absolute Gasteiger partial charge is 0.498 e. The van der Waals surface area contributed by atoms with Crippen LogP contribution in [-0.4, -0.2) is 44.1 Å². The lowest BCUT2D eigenvalue weighted by Crippen LogP contribution is -2.46. The number of hydrogen-bond acceptors (Lipinski definition) is 5. The van der Waals surface area contributed by atoms with E-state index in [1.165, 1.54) is 13.8 Å². The molecule has 0 heterocycles. The van der Waals surface area contributed by atoms with E-state index in [-0.39, 0.29) is 6.42 Å². The van der Waals surface area contributed by atoms with Crippen molar-refractivity contribution in [1.29, 1.82) is 0 Å². The Kier molecular flexibility index (Phi) is 6.96. The Morgan fingerprint density at radius 2 is 1.22 bits per heavy atom. The van der Waals surface area contributed by atoms with Crippen LogP contribution in [0.25, 0.3) is 0 Å². The first-order valence-electron chi connectivity index (χ1n) is 6.21. The van der Waals surface area contributed by atoms with Gasteiger partial charge in [0, 0.05) is 6.61 Å². The molecule has 0 fully saturated rings. The molecule has 0 aliphatic carbocycles. The zero-order valence-electron chi connectivity index (χ0n) is 12.0. The summed E-state index contributed by atoms with van der Waals surface area (Å²) in [5, 5.41) is 8.78. The summed E-state index contributed by atoms with van der Waals surface area (Å²) in [7, 11) is -13.2. The number of aliphatic hydroxyl groups excluding tert-OH is 1. The molecular weight excluding hydrogens is 378 g/mol. The van der Waals surface area contributed by atoms with Gasteiger partial charge in [0.25, 0.3) is 19.7 Å². The maximum Gasteiger partial charge on any atom is 0.498 e. The fourth-order valence-electron chi connectivity index (χ4n) is 1.85. The summed E-state index contributed by atoms with van der Waals surface area (Å²) < 4.78 is 117. The first kappa shape index (κ1) is 22.4. The molecule has 0 aromatic carbocycles. The summed E-state index contributed by atoms with van der Waals surface area (Å²) in [5.74, 6) is -1.81. The Hall–Kier alpha value is -0.560. The van der Waals surface area contributed by atoms with Crippen LogP contribution in [0.1, 0.15) is 26.7 Å². The van der Waals surface area contributed by atoms with Gasteiger partial charge in [0.2, 0.25) is 0 Å². The summed E-state index contributed by atoms with van der Waals surface area (Å²) >= 11 is 0. The molecule has 0 aliphatic rings. The molecule has 23 heavy (non-hydrogen) atoms. The minimum Gasteiger partial charge on any atom is -0.396 e. The van der Waals surface area contributed by atoms with Crippen LogP contribution in [0.4, 0.5) is 26.3 Å². The van der Waals surface area contributed by atoms with Crippen LogP contribution in [0.3, 0.4) is 0 Å². The molecule has 13 heteroatoms. The highest BCUT2D eigenvalue weighted by atomic mass is 32.3. The maximum absolute atomic E-state index is 12.6. The molecule has 0 radical (unpaired) electrons. The van der Waals surface area contributed by atoms with Crippen LogP contribution in [-0.2, 0) is 19.7 Å². The van der Waals surface area contributed by atoms with Crippen molar-refractivity contribution in [3.05, 3.63) is 0 Å². The van der Waals surface area contributed by atoms with Gasteiger partial charge in [0.1, 0.15) is 0 Å². The fraction of sp³-hybridized carbons (Fsp3) is 1.00. The van der Waals surface area contributed by atoms with Crippen molar-refractivity contribution in [3.63, 3.8) is 0 Å². The van der Waals surface area contributed by atoms with Crippen LogP contribution in [0, 0.1) is 11.8 Å². The number of hydrogen-bond donors (Lipinski definition) is 1. The Balaban J connectivity index is 6.17. The van der Waals surface area contributed by atoms with Crippen molar-refractivity contribution >= 4 is 19.7 Å². The quantitative estimate of drug-likeness (QED) is 0.669. The van der Waals surface area contributed by atoms with Crippen molar-refractivity contribution in [2.45, 2.75) is 42.3 Å². The van der Waals surface area contributed by atoms with E-state index in [1.807, 2.05) is 0 Å². The second kappa shape index (κ2) is 7.13. The van der Waals surface area contributed by atoms with E-state index < -0.39 is 60.1 Å². The number of halogens is 6. The molecule has 0 rings (SSSR count). The predicted molar refractivity (Wildman–Crippen MR) is 68.4 cm³/mol. The molecule has 5 nitrogen and oxygen atoms in total. The number of aliphatic hydroxyl groups is 1. The predicted octanol–water partition coefficient (Wildman–Crippen LogP) is 2.23. The van der Waals surface area contributed by atoms with Gasteiger partial charge >= 0.3 is 11.0 Å². The number of sulfone groups is 2. The Labute approximate surface area is 129 Å². The first-order valence-corrected chi connectivity index (χ1v) is 9.30. The Morgan fingerprint density at radius 1 is 0.870 bits per heavy atom. The van der Waals surface area contributed by atoms with Gasteiger partial charge in [-0.25, -0.2) is 16.8 Å².